The summed E-state index contributed by atoms with van der Waals surface area (Å²) in [4.78, 5) is 13.3. The molecule has 1 heterocycles. The van der Waals surface area contributed by atoms with E-state index in [1.807, 2.05) is 14.0 Å². The van der Waals surface area contributed by atoms with Gasteiger partial charge in [0.25, 0.3) is 0 Å². The maximum absolute atomic E-state index is 11.6. The molecule has 0 spiro atoms. The third-order valence-corrected chi connectivity index (χ3v) is 3.16. The zero-order valence-electron chi connectivity index (χ0n) is 10.0. The summed E-state index contributed by atoms with van der Waals surface area (Å²) in [5.74, 6) is 0.158. The van der Waals surface area contributed by atoms with Gasteiger partial charge in [-0.2, -0.15) is 0 Å². The Balaban J connectivity index is 2.31. The molecule has 0 atom stereocenters. The van der Waals surface area contributed by atoms with Crippen molar-refractivity contribution in [3.63, 3.8) is 0 Å². The number of nitrogens with zero attached hydrogens (tertiary/aromatic N) is 1. The molecule has 0 aromatic carbocycles. The molecule has 0 radical (unpaired) electrons. The van der Waals surface area contributed by atoms with Crippen LogP contribution >= 0.6 is 0 Å². The first-order valence-corrected chi connectivity index (χ1v) is 5.64. The minimum atomic E-state index is 0.0719. The predicted molar refractivity (Wildman–Crippen MR) is 59.8 cm³/mol. The normalized spacial score (nSPS) is 19.9. The van der Waals surface area contributed by atoms with E-state index in [0.29, 0.717) is 6.54 Å². The van der Waals surface area contributed by atoms with Crippen LogP contribution in [0.1, 0.15) is 26.7 Å². The van der Waals surface area contributed by atoms with Crippen LogP contribution in [0.3, 0.4) is 0 Å². The Kier molecular flexibility index (Phi) is 4.54. The fourth-order valence-electron chi connectivity index (χ4n) is 1.60. The number of hydrogen-bond donors (Lipinski definition) is 1. The van der Waals surface area contributed by atoms with Crippen molar-refractivity contribution in [3.8, 4) is 0 Å². The van der Waals surface area contributed by atoms with E-state index in [1.54, 1.807) is 4.90 Å². The molecule has 4 heteroatoms. The zero-order chi connectivity index (χ0) is 11.3. The Labute approximate surface area is 92.0 Å². The van der Waals surface area contributed by atoms with Crippen molar-refractivity contribution >= 4 is 5.91 Å². The maximum atomic E-state index is 11.6. The zero-order valence-corrected chi connectivity index (χ0v) is 10.0. The Morgan fingerprint density at radius 1 is 1.47 bits per heavy atom. The summed E-state index contributed by atoms with van der Waals surface area (Å²) in [6.07, 6.45) is 1.96. The molecule has 1 saturated heterocycles. The Morgan fingerprint density at radius 3 is 2.60 bits per heavy atom. The number of ether oxygens (including phenoxy) is 1. The van der Waals surface area contributed by atoms with E-state index in [0.717, 1.165) is 32.6 Å². The molecule has 0 aromatic heterocycles. The number of carbonyl (C=O) groups is 1. The van der Waals surface area contributed by atoms with Gasteiger partial charge in [0, 0.05) is 32.3 Å². The molecule has 0 aliphatic carbocycles. The number of rotatable bonds is 4. The highest BCUT2D eigenvalue weighted by atomic mass is 16.5. The second kappa shape index (κ2) is 5.47. The maximum Gasteiger partial charge on any atom is 0.236 e. The van der Waals surface area contributed by atoms with Crippen LogP contribution in [0.4, 0.5) is 0 Å². The van der Waals surface area contributed by atoms with Crippen molar-refractivity contribution in [2.24, 2.45) is 0 Å². The lowest BCUT2D eigenvalue weighted by Gasteiger charge is -2.34. The molecule has 4 nitrogen and oxygen atoms in total. The van der Waals surface area contributed by atoms with Gasteiger partial charge in [0.15, 0.2) is 0 Å². The average Bonchev–Trinajstić information content (AvgIpc) is 2.26. The minimum Gasteiger partial charge on any atom is -0.381 e. The first kappa shape index (κ1) is 12.5. The van der Waals surface area contributed by atoms with E-state index in [9.17, 15) is 4.79 Å². The van der Waals surface area contributed by atoms with E-state index in [-0.39, 0.29) is 11.4 Å². The molecule has 1 N–H and O–H groups in total. The highest BCUT2D eigenvalue weighted by molar-refractivity contribution is 5.77. The van der Waals surface area contributed by atoms with Crippen LogP contribution in [0.2, 0.25) is 0 Å². The molecule has 88 valence electrons. The molecular weight excluding hydrogens is 192 g/mol. The number of nitrogens with one attached hydrogen (secondary N) is 1. The summed E-state index contributed by atoms with van der Waals surface area (Å²) in [6, 6.07) is 0. The summed E-state index contributed by atoms with van der Waals surface area (Å²) in [6.45, 7) is 6.92. The van der Waals surface area contributed by atoms with Crippen LogP contribution in [-0.2, 0) is 9.53 Å². The van der Waals surface area contributed by atoms with Gasteiger partial charge in [-0.05, 0) is 26.7 Å². The SMILES string of the molecule is CCN(C)C(=O)CNC1(C)CCOCC1. The lowest BCUT2D eigenvalue weighted by Crippen LogP contribution is -2.50. The first-order chi connectivity index (χ1) is 7.07. The van der Waals surface area contributed by atoms with Crippen LogP contribution in [0, 0.1) is 0 Å². The average molecular weight is 214 g/mol. The highest BCUT2D eigenvalue weighted by Gasteiger charge is 2.27. The molecular formula is C11H22N2O2. The monoisotopic (exact) mass is 214 g/mol. The highest BCUT2D eigenvalue weighted by Crippen LogP contribution is 2.19. The molecule has 15 heavy (non-hydrogen) atoms. The minimum absolute atomic E-state index is 0.0719. The lowest BCUT2D eigenvalue weighted by molar-refractivity contribution is -0.129. The van der Waals surface area contributed by atoms with Crippen LogP contribution in [0.25, 0.3) is 0 Å². The van der Waals surface area contributed by atoms with Crippen LogP contribution < -0.4 is 5.32 Å². The fourth-order valence-corrected chi connectivity index (χ4v) is 1.60. The van der Waals surface area contributed by atoms with Gasteiger partial charge in [-0.25, -0.2) is 0 Å². The van der Waals surface area contributed by atoms with Crippen molar-refractivity contribution in [1.82, 2.24) is 10.2 Å². The van der Waals surface area contributed by atoms with Crippen LogP contribution in [-0.4, -0.2) is 49.7 Å². The van der Waals surface area contributed by atoms with E-state index in [4.69, 9.17) is 4.74 Å². The van der Waals surface area contributed by atoms with E-state index >= 15 is 0 Å². The standard InChI is InChI=1S/C11H22N2O2/c1-4-13(3)10(14)9-12-11(2)5-7-15-8-6-11/h12H,4-9H2,1-3H3. The van der Waals surface area contributed by atoms with Gasteiger partial charge in [-0.1, -0.05) is 0 Å². The molecule has 0 saturated carbocycles. The van der Waals surface area contributed by atoms with Crippen LogP contribution in [0.5, 0.6) is 0 Å². The summed E-state index contributed by atoms with van der Waals surface area (Å²) < 4.78 is 5.30. The summed E-state index contributed by atoms with van der Waals surface area (Å²) in [5, 5.41) is 3.34. The summed E-state index contributed by atoms with van der Waals surface area (Å²) in [7, 11) is 1.83. The quantitative estimate of drug-likeness (QED) is 0.746. The van der Waals surface area contributed by atoms with Crippen LogP contribution in [0.15, 0.2) is 0 Å². The molecule has 1 aliphatic rings. The van der Waals surface area contributed by atoms with Gasteiger partial charge in [-0.15, -0.1) is 0 Å². The fraction of sp³-hybridized carbons (Fsp3) is 0.909. The molecule has 0 unspecified atom stereocenters. The van der Waals surface area contributed by atoms with Gasteiger partial charge in [-0.3, -0.25) is 4.79 Å². The van der Waals surface area contributed by atoms with Crippen molar-refractivity contribution in [2.75, 3.05) is 33.4 Å². The number of hydrogen-bond acceptors (Lipinski definition) is 3. The van der Waals surface area contributed by atoms with Gasteiger partial charge >= 0.3 is 0 Å². The van der Waals surface area contributed by atoms with Crippen molar-refractivity contribution in [2.45, 2.75) is 32.2 Å². The Morgan fingerprint density at radius 2 is 2.07 bits per heavy atom. The summed E-state index contributed by atoms with van der Waals surface area (Å²) in [5.41, 5.74) is 0.0719. The first-order valence-electron chi connectivity index (χ1n) is 5.64. The molecule has 1 aliphatic heterocycles. The van der Waals surface area contributed by atoms with E-state index in [1.165, 1.54) is 0 Å². The Hall–Kier alpha value is -0.610. The molecule has 1 amide bonds. The number of amides is 1. The van der Waals surface area contributed by atoms with Gasteiger partial charge in [0.1, 0.15) is 0 Å². The van der Waals surface area contributed by atoms with Gasteiger partial charge < -0.3 is 15.0 Å². The van der Waals surface area contributed by atoms with E-state index in [2.05, 4.69) is 12.2 Å². The Bertz CT molecular complexity index is 213. The molecule has 1 fully saturated rings. The second-order valence-electron chi connectivity index (χ2n) is 4.43. The van der Waals surface area contributed by atoms with E-state index < -0.39 is 0 Å². The molecule has 1 rings (SSSR count). The van der Waals surface area contributed by atoms with Gasteiger partial charge in [0.05, 0.1) is 6.54 Å². The number of carbonyl (C=O) groups excluding carboxylic acids is 1. The smallest absolute Gasteiger partial charge is 0.236 e. The van der Waals surface area contributed by atoms with Gasteiger partial charge in [0.2, 0.25) is 5.91 Å². The van der Waals surface area contributed by atoms with Crippen molar-refractivity contribution in [1.29, 1.82) is 0 Å². The second-order valence-corrected chi connectivity index (χ2v) is 4.43. The lowest BCUT2D eigenvalue weighted by atomic mass is 9.92. The molecule has 0 aromatic rings. The van der Waals surface area contributed by atoms with Crippen molar-refractivity contribution < 1.29 is 9.53 Å². The largest absolute Gasteiger partial charge is 0.381 e. The predicted octanol–water partition coefficient (Wildman–Crippen LogP) is 0.623. The topological polar surface area (TPSA) is 41.6 Å². The third-order valence-electron chi connectivity index (χ3n) is 3.16. The summed E-state index contributed by atoms with van der Waals surface area (Å²) >= 11 is 0. The molecule has 0 bridgehead atoms. The number of likely N-dealkylation sites (N-methyl/N-ethyl adjacent to an activating group) is 1. The van der Waals surface area contributed by atoms with Crippen molar-refractivity contribution in [3.05, 3.63) is 0 Å². The third kappa shape index (κ3) is 3.80.